The number of nitrogens with one attached hydrogen (secondary N) is 1. The number of para-hydroxylation sites is 1. The lowest BCUT2D eigenvalue weighted by Crippen LogP contribution is -2.33. The molecule has 0 saturated carbocycles. The third kappa shape index (κ3) is 3.06. The van der Waals surface area contributed by atoms with Gasteiger partial charge >= 0.3 is 5.97 Å². The van der Waals surface area contributed by atoms with Gasteiger partial charge in [-0.1, -0.05) is 12.1 Å². The van der Waals surface area contributed by atoms with Crippen LogP contribution in [0, 0.1) is 10.1 Å². The summed E-state index contributed by atoms with van der Waals surface area (Å²) in [4.78, 5) is 25.6. The summed E-state index contributed by atoms with van der Waals surface area (Å²) >= 11 is 0. The highest BCUT2D eigenvalue weighted by Crippen LogP contribution is 2.28. The number of nitro groups is 1. The minimum atomic E-state index is -1.08. The first-order valence-electron chi connectivity index (χ1n) is 6.05. The topological polar surface area (TPSA) is 115 Å². The zero-order valence-corrected chi connectivity index (χ0v) is 11.1. The number of carboxylic acid groups (broad SMARTS) is 1. The summed E-state index contributed by atoms with van der Waals surface area (Å²) in [6.07, 6.45) is 1.39. The van der Waals surface area contributed by atoms with E-state index in [2.05, 4.69) is 10.3 Å². The fraction of sp³-hybridized carbons (Fsp3) is 0.231. The summed E-state index contributed by atoms with van der Waals surface area (Å²) in [7, 11) is 1.40. The van der Waals surface area contributed by atoms with Crippen molar-refractivity contribution in [3.63, 3.8) is 0 Å². The summed E-state index contributed by atoms with van der Waals surface area (Å²) in [6.45, 7) is -0.0337. The normalized spacial score (nSPS) is 12.0. The Hall–Kier alpha value is -2.74. The number of nitrogens with zero attached hydrogens (tertiary/aromatic N) is 2. The van der Waals surface area contributed by atoms with Crippen LogP contribution in [0.25, 0.3) is 10.9 Å². The number of methoxy groups -OCH3 is 1. The Kier molecular flexibility index (Phi) is 4.29. The van der Waals surface area contributed by atoms with Gasteiger partial charge in [0.2, 0.25) is 0 Å². The molecule has 0 aliphatic heterocycles. The number of hydrogen-bond acceptors (Lipinski definition) is 6. The average molecular weight is 291 g/mol. The second kappa shape index (κ2) is 6.14. The predicted octanol–water partition coefficient (Wildman–Crippen LogP) is 1.65. The molecule has 0 bridgehead atoms. The monoisotopic (exact) mass is 291 g/mol. The molecule has 110 valence electrons. The van der Waals surface area contributed by atoms with Gasteiger partial charge in [-0.05, 0) is 6.07 Å². The maximum absolute atomic E-state index is 11.1. The number of rotatable bonds is 6. The lowest BCUT2D eigenvalue weighted by atomic mass is 10.1. The number of nitro benzene ring substituents is 1. The third-order valence-corrected chi connectivity index (χ3v) is 2.91. The van der Waals surface area contributed by atoms with Crippen molar-refractivity contribution in [2.45, 2.75) is 6.04 Å². The Bertz CT molecular complexity index is 689. The fourth-order valence-corrected chi connectivity index (χ4v) is 1.96. The highest BCUT2D eigenvalue weighted by atomic mass is 16.6. The number of fused-ring (bicyclic) bond motifs is 1. The predicted molar refractivity (Wildman–Crippen MR) is 75.3 cm³/mol. The van der Waals surface area contributed by atoms with Gasteiger partial charge in [0, 0.05) is 30.4 Å². The Morgan fingerprint density at radius 3 is 2.90 bits per heavy atom. The van der Waals surface area contributed by atoms with E-state index in [-0.39, 0.29) is 17.8 Å². The van der Waals surface area contributed by atoms with Gasteiger partial charge in [-0.3, -0.25) is 10.1 Å². The van der Waals surface area contributed by atoms with Crippen molar-refractivity contribution in [3.05, 3.63) is 40.6 Å². The summed E-state index contributed by atoms with van der Waals surface area (Å²) in [5.41, 5.74) is 0.525. The van der Waals surface area contributed by atoms with Crippen LogP contribution in [0.4, 0.5) is 11.4 Å². The molecule has 0 aliphatic rings. The van der Waals surface area contributed by atoms with E-state index in [1.165, 1.54) is 25.4 Å². The molecule has 8 nitrogen and oxygen atoms in total. The molecule has 0 aliphatic carbocycles. The first-order valence-corrected chi connectivity index (χ1v) is 6.05. The minimum absolute atomic E-state index is 0.0337. The highest BCUT2D eigenvalue weighted by molar-refractivity contribution is 5.97. The van der Waals surface area contributed by atoms with Gasteiger partial charge in [0.15, 0.2) is 0 Å². The van der Waals surface area contributed by atoms with Crippen LogP contribution in [0.5, 0.6) is 0 Å². The Morgan fingerprint density at radius 2 is 2.29 bits per heavy atom. The van der Waals surface area contributed by atoms with Crippen LogP contribution in [-0.4, -0.2) is 40.7 Å². The molecule has 2 aromatic rings. The number of pyridine rings is 1. The molecular formula is C13H13N3O5. The van der Waals surface area contributed by atoms with E-state index in [0.29, 0.717) is 11.1 Å². The third-order valence-electron chi connectivity index (χ3n) is 2.91. The standard InChI is InChI=1S/C13H13N3O5/c1-21-7-10(13(17)18)15-9-5-6-14-12-8(9)3-2-4-11(12)16(19)20/h2-6,10H,7H2,1H3,(H,14,15)(H,17,18). The number of carbonyl (C=O) groups is 1. The lowest BCUT2D eigenvalue weighted by molar-refractivity contribution is -0.383. The summed E-state index contributed by atoms with van der Waals surface area (Å²) in [5, 5.41) is 23.4. The number of hydrogen-bond donors (Lipinski definition) is 2. The van der Waals surface area contributed by atoms with Crippen molar-refractivity contribution in [1.82, 2.24) is 4.98 Å². The first-order chi connectivity index (χ1) is 10.0. The Morgan fingerprint density at radius 1 is 1.52 bits per heavy atom. The maximum atomic E-state index is 11.1. The number of anilines is 1. The average Bonchev–Trinajstić information content (AvgIpc) is 2.46. The minimum Gasteiger partial charge on any atom is -0.480 e. The molecule has 0 spiro atoms. The van der Waals surface area contributed by atoms with Gasteiger partial charge in [-0.15, -0.1) is 0 Å². The van der Waals surface area contributed by atoms with E-state index in [1.807, 2.05) is 0 Å². The smallest absolute Gasteiger partial charge is 0.328 e. The van der Waals surface area contributed by atoms with Gasteiger partial charge in [0.1, 0.15) is 11.6 Å². The molecule has 21 heavy (non-hydrogen) atoms. The fourth-order valence-electron chi connectivity index (χ4n) is 1.96. The first kappa shape index (κ1) is 14.7. The molecule has 0 fully saturated rings. The molecule has 1 heterocycles. The van der Waals surface area contributed by atoms with Gasteiger partial charge < -0.3 is 15.2 Å². The van der Waals surface area contributed by atoms with Crippen LogP contribution in [0.3, 0.4) is 0 Å². The molecule has 1 aromatic heterocycles. The molecule has 0 saturated heterocycles. The molecule has 1 aromatic carbocycles. The van der Waals surface area contributed by atoms with Crippen molar-refractivity contribution < 1.29 is 19.6 Å². The molecule has 0 amide bonds. The van der Waals surface area contributed by atoms with E-state index in [0.717, 1.165) is 0 Å². The number of non-ortho nitro benzene ring substituents is 1. The number of ether oxygens (including phenoxy) is 1. The molecule has 2 N–H and O–H groups in total. The van der Waals surface area contributed by atoms with E-state index >= 15 is 0 Å². The van der Waals surface area contributed by atoms with E-state index in [1.54, 1.807) is 12.1 Å². The van der Waals surface area contributed by atoms with Gasteiger partial charge in [0.25, 0.3) is 5.69 Å². The summed E-state index contributed by atoms with van der Waals surface area (Å²) in [5.74, 6) is -1.08. The summed E-state index contributed by atoms with van der Waals surface area (Å²) in [6, 6.07) is 5.13. The van der Waals surface area contributed by atoms with E-state index in [4.69, 9.17) is 9.84 Å². The van der Waals surface area contributed by atoms with E-state index in [9.17, 15) is 14.9 Å². The van der Waals surface area contributed by atoms with Crippen LogP contribution in [0.1, 0.15) is 0 Å². The van der Waals surface area contributed by atoms with Gasteiger partial charge in [0.05, 0.1) is 11.5 Å². The highest BCUT2D eigenvalue weighted by Gasteiger charge is 2.20. The largest absolute Gasteiger partial charge is 0.480 e. The van der Waals surface area contributed by atoms with Crippen molar-refractivity contribution in [1.29, 1.82) is 0 Å². The number of aromatic nitrogens is 1. The van der Waals surface area contributed by atoms with Crippen LogP contribution in [-0.2, 0) is 9.53 Å². The number of benzene rings is 1. The second-order valence-electron chi connectivity index (χ2n) is 4.28. The van der Waals surface area contributed by atoms with Crippen LogP contribution < -0.4 is 5.32 Å². The maximum Gasteiger partial charge on any atom is 0.328 e. The molecular weight excluding hydrogens is 278 g/mol. The van der Waals surface area contributed by atoms with Crippen LogP contribution in [0.2, 0.25) is 0 Å². The molecule has 0 radical (unpaired) electrons. The van der Waals surface area contributed by atoms with Crippen molar-refractivity contribution in [3.8, 4) is 0 Å². The molecule has 1 unspecified atom stereocenters. The SMILES string of the molecule is COCC(Nc1ccnc2c([N+](=O)[O-])cccc12)C(=O)O. The lowest BCUT2D eigenvalue weighted by Gasteiger charge is -2.16. The molecule has 1 atom stereocenters. The zero-order valence-electron chi connectivity index (χ0n) is 11.1. The summed E-state index contributed by atoms with van der Waals surface area (Å²) < 4.78 is 4.84. The van der Waals surface area contributed by atoms with E-state index < -0.39 is 16.9 Å². The van der Waals surface area contributed by atoms with Crippen LogP contribution >= 0.6 is 0 Å². The van der Waals surface area contributed by atoms with Crippen molar-refractivity contribution in [2.24, 2.45) is 0 Å². The second-order valence-corrected chi connectivity index (χ2v) is 4.28. The zero-order chi connectivity index (χ0) is 15.4. The quantitative estimate of drug-likeness (QED) is 0.614. The number of carboxylic acids is 1. The van der Waals surface area contributed by atoms with Crippen LogP contribution in [0.15, 0.2) is 30.5 Å². The van der Waals surface area contributed by atoms with Gasteiger partial charge in [-0.25, -0.2) is 9.78 Å². The van der Waals surface area contributed by atoms with Gasteiger partial charge in [-0.2, -0.15) is 0 Å². The van der Waals surface area contributed by atoms with Crippen molar-refractivity contribution in [2.75, 3.05) is 19.0 Å². The Labute approximate surface area is 119 Å². The molecule has 8 heteroatoms. The number of aliphatic carboxylic acids is 1. The van der Waals surface area contributed by atoms with Crippen molar-refractivity contribution >= 4 is 28.2 Å². The molecule has 2 rings (SSSR count). The Balaban J connectivity index is 2.47.